The molecule has 180 valence electrons. The van der Waals surface area contributed by atoms with Crippen molar-refractivity contribution in [2.24, 2.45) is 5.16 Å². The van der Waals surface area contributed by atoms with E-state index in [1.807, 2.05) is 10.6 Å². The van der Waals surface area contributed by atoms with Gasteiger partial charge in [-0.05, 0) is 6.07 Å². The lowest BCUT2D eigenvalue weighted by Crippen LogP contribution is -2.71. The van der Waals surface area contributed by atoms with Gasteiger partial charge in [0.25, 0.3) is 11.8 Å². The third kappa shape index (κ3) is 3.95. The van der Waals surface area contributed by atoms with Crippen LogP contribution in [0.3, 0.4) is 0 Å². The number of carbonyl (C=O) groups excluding carboxylic acids is 3. The van der Waals surface area contributed by atoms with Crippen LogP contribution >= 0.6 is 23.3 Å². The fraction of sp³-hybridized carbons (Fsp3) is 0.263. The normalized spacial score (nSPS) is 20.0. The van der Waals surface area contributed by atoms with E-state index in [1.54, 1.807) is 29.2 Å². The van der Waals surface area contributed by atoms with Crippen LogP contribution in [0.4, 0.5) is 5.13 Å². The van der Waals surface area contributed by atoms with Crippen LogP contribution in [0.25, 0.3) is 5.65 Å². The summed E-state index contributed by atoms with van der Waals surface area (Å²) in [6, 6.07) is 2.64. The van der Waals surface area contributed by atoms with Gasteiger partial charge < -0.3 is 25.8 Å². The van der Waals surface area contributed by atoms with Crippen molar-refractivity contribution in [1.29, 1.82) is 0 Å². The van der Waals surface area contributed by atoms with Crippen LogP contribution < -0.4 is 20.7 Å². The highest BCUT2D eigenvalue weighted by atomic mass is 32.2. The van der Waals surface area contributed by atoms with E-state index in [4.69, 9.17) is 10.6 Å². The third-order valence-corrected chi connectivity index (χ3v) is 7.26. The minimum atomic E-state index is -1.46. The molecule has 5 heterocycles. The molecule has 5 rings (SSSR count). The predicted octanol–water partition coefficient (Wildman–Crippen LogP) is -2.49. The van der Waals surface area contributed by atoms with E-state index in [2.05, 4.69) is 24.9 Å². The van der Waals surface area contributed by atoms with E-state index in [1.165, 1.54) is 18.9 Å². The summed E-state index contributed by atoms with van der Waals surface area (Å²) in [6.45, 7) is 0.230. The number of thioether (sulfide) groups is 1. The molecule has 3 aromatic heterocycles. The molecule has 2 aliphatic heterocycles. The van der Waals surface area contributed by atoms with Crippen molar-refractivity contribution in [2.75, 3.05) is 18.6 Å². The van der Waals surface area contributed by atoms with Crippen LogP contribution in [0.15, 0.2) is 47.1 Å². The fourth-order valence-corrected chi connectivity index (χ4v) is 5.66. The zero-order chi connectivity index (χ0) is 24.7. The van der Waals surface area contributed by atoms with Crippen LogP contribution in [0.1, 0.15) is 5.82 Å². The molecule has 0 aromatic carbocycles. The van der Waals surface area contributed by atoms with Crippen molar-refractivity contribution in [3.8, 4) is 0 Å². The Labute approximate surface area is 205 Å². The first-order valence-corrected chi connectivity index (χ1v) is 11.9. The van der Waals surface area contributed by atoms with E-state index in [0.717, 1.165) is 22.1 Å². The number of carbonyl (C=O) groups is 3. The van der Waals surface area contributed by atoms with Gasteiger partial charge in [0.05, 0.1) is 17.9 Å². The number of amides is 2. The SMILES string of the molecule is CO/N=C(\C(=O)NC1C(=O)N2C(C(=O)[O-])=C(C[n+]3ccn4ncccc43)CSC12)c1nsc(N)n1. The minimum absolute atomic E-state index is 0.0457. The molecule has 2 amide bonds. The number of carboxylic acid groups (broad SMARTS) is 1. The molecular formula is C19H17N9O5S2. The Balaban J connectivity index is 1.37. The largest absolute Gasteiger partial charge is 0.543 e. The van der Waals surface area contributed by atoms with E-state index in [9.17, 15) is 19.5 Å². The summed E-state index contributed by atoms with van der Waals surface area (Å²) in [5.74, 6) is -2.53. The van der Waals surface area contributed by atoms with Crippen LogP contribution in [0.2, 0.25) is 0 Å². The molecule has 3 aromatic rings. The Kier molecular flexibility index (Phi) is 5.81. The third-order valence-electron chi connectivity index (χ3n) is 5.38. The molecule has 0 aliphatic carbocycles. The van der Waals surface area contributed by atoms with Crippen LogP contribution in [-0.4, -0.2) is 71.6 Å². The Hall–Kier alpha value is -4.05. The molecule has 2 atom stereocenters. The molecular weight excluding hydrogens is 498 g/mol. The number of nitrogens with zero attached hydrogens (tertiary/aromatic N) is 7. The zero-order valence-electron chi connectivity index (χ0n) is 18.0. The van der Waals surface area contributed by atoms with Crippen molar-refractivity contribution >= 4 is 57.6 Å². The first-order valence-electron chi connectivity index (χ1n) is 10.1. The molecule has 0 spiro atoms. The van der Waals surface area contributed by atoms with Gasteiger partial charge in [-0.2, -0.15) is 9.36 Å². The maximum absolute atomic E-state index is 13.0. The number of oxime groups is 1. The van der Waals surface area contributed by atoms with Crippen molar-refractivity contribution in [3.63, 3.8) is 0 Å². The van der Waals surface area contributed by atoms with E-state index in [0.29, 0.717) is 11.3 Å². The molecule has 1 fully saturated rings. The highest BCUT2D eigenvalue weighted by Crippen LogP contribution is 2.40. The van der Waals surface area contributed by atoms with E-state index in [-0.39, 0.29) is 28.9 Å². The van der Waals surface area contributed by atoms with Crippen molar-refractivity contribution in [3.05, 3.63) is 47.8 Å². The van der Waals surface area contributed by atoms with Gasteiger partial charge >= 0.3 is 5.65 Å². The Morgan fingerprint density at radius 1 is 1.46 bits per heavy atom. The summed E-state index contributed by atoms with van der Waals surface area (Å²) in [6.07, 6.45) is 5.16. The Morgan fingerprint density at radius 2 is 2.29 bits per heavy atom. The summed E-state index contributed by atoms with van der Waals surface area (Å²) >= 11 is 2.21. The topological polar surface area (TPSA) is 184 Å². The molecule has 16 heteroatoms. The summed E-state index contributed by atoms with van der Waals surface area (Å²) in [4.78, 5) is 47.6. The first-order chi connectivity index (χ1) is 16.9. The van der Waals surface area contributed by atoms with Gasteiger partial charge in [-0.3, -0.25) is 14.5 Å². The van der Waals surface area contributed by atoms with Crippen LogP contribution in [-0.2, 0) is 25.8 Å². The van der Waals surface area contributed by atoms with Crippen molar-refractivity contribution < 1.29 is 28.9 Å². The number of nitrogens with one attached hydrogen (secondary N) is 1. The molecule has 2 unspecified atom stereocenters. The lowest BCUT2D eigenvalue weighted by Gasteiger charge is -2.50. The van der Waals surface area contributed by atoms with Crippen LogP contribution in [0, 0.1) is 0 Å². The molecule has 2 aliphatic rings. The van der Waals surface area contributed by atoms with Gasteiger partial charge in [0.15, 0.2) is 11.3 Å². The maximum Gasteiger partial charge on any atom is 0.307 e. The predicted molar refractivity (Wildman–Crippen MR) is 120 cm³/mol. The van der Waals surface area contributed by atoms with Crippen molar-refractivity contribution in [1.82, 2.24) is 29.2 Å². The molecule has 35 heavy (non-hydrogen) atoms. The minimum Gasteiger partial charge on any atom is -0.543 e. The average molecular weight is 516 g/mol. The quantitative estimate of drug-likeness (QED) is 0.148. The second-order valence-electron chi connectivity index (χ2n) is 7.43. The number of hydrogen-bond acceptors (Lipinski definition) is 12. The zero-order valence-corrected chi connectivity index (χ0v) is 19.7. The summed E-state index contributed by atoms with van der Waals surface area (Å²) < 4.78 is 7.43. The number of aliphatic carboxylic acids is 1. The lowest BCUT2D eigenvalue weighted by molar-refractivity contribution is -0.662. The summed E-state index contributed by atoms with van der Waals surface area (Å²) in [7, 11) is 1.25. The summed E-state index contributed by atoms with van der Waals surface area (Å²) in [5, 5.41) is 22.0. The monoisotopic (exact) mass is 515 g/mol. The van der Waals surface area contributed by atoms with Gasteiger partial charge in [0.1, 0.15) is 31.3 Å². The molecule has 14 nitrogen and oxygen atoms in total. The number of aromatic nitrogens is 5. The van der Waals surface area contributed by atoms with E-state index < -0.39 is 29.2 Å². The maximum atomic E-state index is 13.0. The number of nitrogen functional groups attached to an aromatic ring is 1. The number of nitrogens with two attached hydrogens (primary N) is 1. The van der Waals surface area contributed by atoms with E-state index >= 15 is 0 Å². The molecule has 0 radical (unpaired) electrons. The molecule has 1 saturated heterocycles. The smallest absolute Gasteiger partial charge is 0.307 e. The highest BCUT2D eigenvalue weighted by molar-refractivity contribution is 8.00. The second-order valence-corrected chi connectivity index (χ2v) is 9.32. The van der Waals surface area contributed by atoms with Gasteiger partial charge in [0, 0.05) is 28.9 Å². The number of imidazole rings is 1. The number of carboxylic acids is 1. The number of β-lactam (4-membered cyclic amide) rings is 1. The number of fused-ring (bicyclic) bond motifs is 2. The number of hydrogen-bond donors (Lipinski definition) is 2. The average Bonchev–Trinajstić information content (AvgIpc) is 3.46. The van der Waals surface area contributed by atoms with Gasteiger partial charge in [-0.15, -0.1) is 16.3 Å². The number of anilines is 1. The standard InChI is InChI=1S/C19H17N9O5S2/c1-33-24-11(14-23-19(20)35-25-14)15(29)22-12-16(30)28-13(18(31)32)9(8-34-17(12)28)7-26-5-6-27-10(26)3-2-4-21-27/h2-6,12,17H,7-8H2,1H3,(H3-,20,22,23,25,29,31,32)/b24-11-. The Morgan fingerprint density at radius 3 is 3.00 bits per heavy atom. The van der Waals surface area contributed by atoms with Gasteiger partial charge in [-0.1, -0.05) is 10.3 Å². The number of rotatable bonds is 7. The second kappa shape index (κ2) is 8.95. The van der Waals surface area contributed by atoms with Gasteiger partial charge in [0.2, 0.25) is 11.5 Å². The summed E-state index contributed by atoms with van der Waals surface area (Å²) in [5.41, 5.74) is 6.39. The Bertz CT molecular complexity index is 1410. The highest BCUT2D eigenvalue weighted by Gasteiger charge is 2.53. The van der Waals surface area contributed by atoms with Crippen molar-refractivity contribution in [2.45, 2.75) is 18.0 Å². The molecule has 0 saturated carbocycles. The molecule has 0 bridgehead atoms. The van der Waals surface area contributed by atoms with Crippen LogP contribution in [0.5, 0.6) is 0 Å². The lowest BCUT2D eigenvalue weighted by atomic mass is 10.0. The van der Waals surface area contributed by atoms with Gasteiger partial charge in [-0.25, -0.2) is 4.57 Å². The first kappa shape index (κ1) is 22.7. The molecule has 3 N–H and O–H groups in total. The fourth-order valence-electron chi connectivity index (χ4n) is 3.89.